The van der Waals surface area contributed by atoms with Gasteiger partial charge in [-0.15, -0.1) is 0 Å². The SMILES string of the molecule is COC1(/C(=C\N)c2ccc(C)c(NCCN(C)C)c2)C#C1.N=CC(=O)C1CCC2=C([CH]2)c2ccc(F)cc2C1.[HH]. The molecular weight excluding hydrogens is 491 g/mol. The van der Waals surface area contributed by atoms with E-state index in [1.54, 1.807) is 19.4 Å². The van der Waals surface area contributed by atoms with Gasteiger partial charge in [-0.2, -0.15) is 0 Å². The number of ether oxygens (including phenoxy) is 1. The molecule has 0 aliphatic heterocycles. The summed E-state index contributed by atoms with van der Waals surface area (Å²) >= 11 is 0. The van der Waals surface area contributed by atoms with Gasteiger partial charge in [-0.1, -0.05) is 23.8 Å². The second-order valence-electron chi connectivity index (χ2n) is 10.3. The minimum absolute atomic E-state index is 0. The van der Waals surface area contributed by atoms with Crippen LogP contribution in [-0.2, 0) is 16.0 Å². The van der Waals surface area contributed by atoms with E-state index in [2.05, 4.69) is 61.6 Å². The normalized spacial score (nSPS) is 18.3. The second kappa shape index (κ2) is 12.0. The predicted molar refractivity (Wildman–Crippen MR) is 158 cm³/mol. The lowest BCUT2D eigenvalue weighted by atomic mass is 9.87. The maximum absolute atomic E-state index is 13.3. The molecule has 0 aromatic heterocycles. The summed E-state index contributed by atoms with van der Waals surface area (Å²) in [5, 5.41) is 10.6. The van der Waals surface area contributed by atoms with Crippen LogP contribution in [0.1, 0.15) is 36.5 Å². The van der Waals surface area contributed by atoms with E-state index in [-0.39, 0.29) is 18.9 Å². The summed E-state index contributed by atoms with van der Waals surface area (Å²) < 4.78 is 18.8. The van der Waals surface area contributed by atoms with Gasteiger partial charge in [-0.25, -0.2) is 4.39 Å². The van der Waals surface area contributed by atoms with Gasteiger partial charge in [0.25, 0.3) is 0 Å². The molecule has 3 aliphatic rings. The first-order valence-electron chi connectivity index (χ1n) is 13.1. The number of likely N-dealkylation sites (N-methyl/N-ethyl adjacent to an activating group) is 1. The number of Topliss-reactive ketones (excluding diaryl/α,β-unsaturated/α-hetero) is 1. The number of nitrogens with one attached hydrogen (secondary N) is 2. The van der Waals surface area contributed by atoms with Gasteiger partial charge in [-0.3, -0.25) is 4.79 Å². The number of rotatable bonds is 9. The highest BCUT2D eigenvalue weighted by molar-refractivity contribution is 6.27. The van der Waals surface area contributed by atoms with Crippen LogP contribution in [0, 0.1) is 42.3 Å². The Labute approximate surface area is 232 Å². The van der Waals surface area contributed by atoms with Crippen LogP contribution in [0.3, 0.4) is 0 Å². The van der Waals surface area contributed by atoms with Crippen molar-refractivity contribution >= 4 is 28.8 Å². The standard InChI is InChI=1S/C17H23N3O.C15H13FNO.H2/c1-13-5-6-14(11-16(13)19-9-10-20(2)3)15(12-18)17(21-4)7-8-17;16-12-3-4-13-11(6-12)5-10(15(18)8-17)2-1-9-7-14(9)13;/h5-6,11-12,19H,9-10,18H2,1-4H3;3-4,6-8,10,17H,1-2,5H2;1H/b15-12-;;. The average molecular weight is 530 g/mol. The third-order valence-electron chi connectivity index (χ3n) is 7.34. The number of benzene rings is 2. The Bertz CT molecular complexity index is 1400. The van der Waals surface area contributed by atoms with E-state index < -0.39 is 5.60 Å². The summed E-state index contributed by atoms with van der Waals surface area (Å²) in [6, 6.07) is 11.0. The third kappa shape index (κ3) is 6.65. The Kier molecular flexibility index (Phi) is 8.69. The Balaban J connectivity index is 0.000000217. The number of carbonyl (C=O) groups excluding carboxylic acids is 1. The lowest BCUT2D eigenvalue weighted by Gasteiger charge is -2.19. The van der Waals surface area contributed by atoms with E-state index in [0.29, 0.717) is 6.42 Å². The van der Waals surface area contributed by atoms with Crippen LogP contribution in [0.15, 0.2) is 48.2 Å². The highest BCUT2D eigenvalue weighted by Gasteiger charge is 2.39. The van der Waals surface area contributed by atoms with Gasteiger partial charge in [0.1, 0.15) is 5.82 Å². The van der Waals surface area contributed by atoms with Gasteiger partial charge in [0, 0.05) is 51.4 Å². The number of fused-ring (bicyclic) bond motifs is 2. The number of nitrogens with zero attached hydrogens (tertiary/aromatic N) is 1. The van der Waals surface area contributed by atoms with Crippen LogP contribution in [0.4, 0.5) is 10.1 Å². The highest BCUT2D eigenvalue weighted by atomic mass is 19.1. The lowest BCUT2D eigenvalue weighted by Crippen LogP contribution is -2.22. The molecule has 4 N–H and O–H groups in total. The molecule has 0 saturated carbocycles. The number of halogens is 1. The summed E-state index contributed by atoms with van der Waals surface area (Å²) in [6.07, 6.45) is 6.73. The molecule has 2 aromatic rings. The van der Waals surface area contributed by atoms with Gasteiger partial charge in [0.2, 0.25) is 5.60 Å². The molecule has 1 unspecified atom stereocenters. The molecule has 1 radical (unpaired) electrons. The van der Waals surface area contributed by atoms with E-state index in [1.807, 2.05) is 6.07 Å². The molecule has 0 heterocycles. The Hall–Kier alpha value is -3.73. The topological polar surface area (TPSA) is 91.4 Å². The first-order valence-corrected chi connectivity index (χ1v) is 13.1. The number of hydrogen-bond donors (Lipinski definition) is 3. The third-order valence-corrected chi connectivity index (χ3v) is 7.34. The van der Waals surface area contributed by atoms with Crippen LogP contribution in [0.5, 0.6) is 0 Å². The Morgan fingerprint density at radius 2 is 2.08 bits per heavy atom. The van der Waals surface area contributed by atoms with Crippen LogP contribution in [0.2, 0.25) is 0 Å². The highest BCUT2D eigenvalue weighted by Crippen LogP contribution is 2.45. The van der Waals surface area contributed by atoms with Crippen molar-refractivity contribution in [2.75, 3.05) is 39.6 Å². The maximum Gasteiger partial charge on any atom is 0.218 e. The van der Waals surface area contributed by atoms with Gasteiger partial charge in [0.15, 0.2) is 5.78 Å². The van der Waals surface area contributed by atoms with E-state index in [1.165, 1.54) is 28.8 Å². The van der Waals surface area contributed by atoms with Crippen LogP contribution >= 0.6 is 0 Å². The number of ketones is 1. The van der Waals surface area contributed by atoms with Crippen LogP contribution in [0.25, 0.3) is 11.1 Å². The average Bonchev–Trinajstić information content (AvgIpc) is 3.84. The summed E-state index contributed by atoms with van der Waals surface area (Å²) in [5.41, 5.74) is 13.8. The largest absolute Gasteiger partial charge is 0.404 e. The van der Waals surface area contributed by atoms with Gasteiger partial charge in [-0.05, 0) is 98.1 Å². The zero-order valence-electron chi connectivity index (χ0n) is 23.0. The zero-order chi connectivity index (χ0) is 28.2. The van der Waals surface area contributed by atoms with Crippen LogP contribution < -0.4 is 11.1 Å². The number of methoxy groups -OCH3 is 1. The van der Waals surface area contributed by atoms with Gasteiger partial charge >= 0.3 is 0 Å². The van der Waals surface area contributed by atoms with Crippen molar-refractivity contribution < 1.29 is 15.3 Å². The Morgan fingerprint density at radius 3 is 2.72 bits per heavy atom. The summed E-state index contributed by atoms with van der Waals surface area (Å²) in [5.74, 6) is 5.37. The van der Waals surface area contributed by atoms with Crippen molar-refractivity contribution in [1.29, 1.82) is 5.41 Å². The molecule has 3 aliphatic carbocycles. The molecular formula is C32H38FN4O2. The molecule has 0 bridgehead atoms. The van der Waals surface area contributed by atoms with Gasteiger partial charge in [0.05, 0.1) is 6.21 Å². The van der Waals surface area contributed by atoms with Crippen molar-refractivity contribution in [1.82, 2.24) is 4.90 Å². The molecule has 0 fully saturated rings. The smallest absolute Gasteiger partial charge is 0.218 e. The molecule has 39 heavy (non-hydrogen) atoms. The summed E-state index contributed by atoms with van der Waals surface area (Å²) in [6.45, 7) is 3.96. The number of nitrogens with two attached hydrogens (primary N) is 1. The monoisotopic (exact) mass is 529 g/mol. The second-order valence-corrected chi connectivity index (χ2v) is 10.3. The first kappa shape index (κ1) is 28.3. The summed E-state index contributed by atoms with van der Waals surface area (Å²) in [4.78, 5) is 13.8. The predicted octanol–water partition coefficient (Wildman–Crippen LogP) is 4.88. The number of allylic oxidation sites excluding steroid dienone is 2. The molecule has 205 valence electrons. The zero-order valence-corrected chi connectivity index (χ0v) is 23.0. The number of carbonyl (C=O) groups is 1. The first-order chi connectivity index (χ1) is 18.7. The number of anilines is 1. The fourth-order valence-corrected chi connectivity index (χ4v) is 4.86. The summed E-state index contributed by atoms with van der Waals surface area (Å²) in [7, 11) is 5.76. The minimum atomic E-state index is -0.662. The van der Waals surface area contributed by atoms with E-state index in [0.717, 1.165) is 60.1 Å². The lowest BCUT2D eigenvalue weighted by molar-refractivity contribution is -0.116. The molecule has 0 spiro atoms. The molecule has 0 amide bonds. The van der Waals surface area contributed by atoms with Crippen molar-refractivity contribution in [3.05, 3.63) is 82.7 Å². The molecule has 2 aromatic carbocycles. The van der Waals surface area contributed by atoms with Gasteiger partial charge < -0.3 is 26.1 Å². The van der Waals surface area contributed by atoms with E-state index in [4.69, 9.17) is 15.9 Å². The molecule has 1 atom stereocenters. The molecule has 0 saturated heterocycles. The van der Waals surface area contributed by atoms with E-state index >= 15 is 0 Å². The Morgan fingerprint density at radius 1 is 1.31 bits per heavy atom. The molecule has 7 heteroatoms. The fourth-order valence-electron chi connectivity index (χ4n) is 4.86. The number of aryl methyl sites for hydroxylation is 1. The van der Waals surface area contributed by atoms with Crippen molar-refractivity contribution in [2.24, 2.45) is 11.7 Å². The van der Waals surface area contributed by atoms with Crippen molar-refractivity contribution in [3.63, 3.8) is 0 Å². The minimum Gasteiger partial charge on any atom is -0.404 e. The quantitative estimate of drug-likeness (QED) is 0.318. The van der Waals surface area contributed by atoms with Crippen molar-refractivity contribution in [2.45, 2.75) is 31.8 Å². The fraction of sp³-hybridized carbons (Fsp3) is 0.344. The molecule has 5 rings (SSSR count). The number of hydrogen-bond acceptors (Lipinski definition) is 6. The van der Waals surface area contributed by atoms with Crippen LogP contribution in [-0.4, -0.2) is 56.8 Å². The maximum atomic E-state index is 13.3. The van der Waals surface area contributed by atoms with E-state index in [9.17, 15) is 9.18 Å². The van der Waals surface area contributed by atoms with Crippen molar-refractivity contribution in [3.8, 4) is 11.8 Å². The molecule has 6 nitrogen and oxygen atoms in total.